The van der Waals surface area contributed by atoms with Crippen molar-refractivity contribution >= 4 is 23.7 Å². The van der Waals surface area contributed by atoms with Crippen LogP contribution in [0.3, 0.4) is 0 Å². The van der Waals surface area contributed by atoms with Crippen molar-refractivity contribution in [2.75, 3.05) is 48.0 Å². The lowest BCUT2D eigenvalue weighted by Gasteiger charge is -2.20. The van der Waals surface area contributed by atoms with Gasteiger partial charge in [0.15, 0.2) is 0 Å². The predicted molar refractivity (Wildman–Crippen MR) is 79.3 cm³/mol. The van der Waals surface area contributed by atoms with Crippen LogP contribution in [-0.4, -0.2) is 52.7 Å². The quantitative estimate of drug-likeness (QED) is 0.881. The highest BCUT2D eigenvalue weighted by Gasteiger charge is 2.15. The van der Waals surface area contributed by atoms with Gasteiger partial charge in [0.05, 0.1) is 6.61 Å². The molecule has 6 nitrogen and oxygen atoms in total. The second-order valence-electron chi connectivity index (χ2n) is 4.16. The fourth-order valence-corrected chi connectivity index (χ4v) is 2.75. The third-order valence-electron chi connectivity index (χ3n) is 2.72. The van der Waals surface area contributed by atoms with Crippen molar-refractivity contribution in [3.05, 3.63) is 0 Å². The molecule has 1 aliphatic rings. The van der Waals surface area contributed by atoms with Crippen LogP contribution in [0.25, 0.3) is 0 Å². The highest BCUT2D eigenvalue weighted by atomic mass is 32.2. The Morgan fingerprint density at radius 3 is 2.89 bits per heavy atom. The predicted octanol–water partition coefficient (Wildman–Crippen LogP) is 1.65. The molecule has 1 aromatic rings. The van der Waals surface area contributed by atoms with Gasteiger partial charge >= 0.3 is 6.01 Å². The van der Waals surface area contributed by atoms with E-state index < -0.39 is 0 Å². The van der Waals surface area contributed by atoms with Gasteiger partial charge in [-0.25, -0.2) is 0 Å². The average Bonchev–Trinajstić information content (AvgIpc) is 2.68. The first-order valence-electron chi connectivity index (χ1n) is 6.79. The fraction of sp³-hybridized carbons (Fsp3) is 0.750. The van der Waals surface area contributed by atoms with Crippen LogP contribution in [0.5, 0.6) is 6.01 Å². The molecule has 2 rings (SSSR count). The number of thioether (sulfide) groups is 1. The maximum Gasteiger partial charge on any atom is 0.323 e. The zero-order valence-corrected chi connectivity index (χ0v) is 12.4. The topological polar surface area (TPSA) is 63.2 Å². The van der Waals surface area contributed by atoms with Crippen LogP contribution in [0.2, 0.25) is 0 Å². The van der Waals surface area contributed by atoms with Crippen LogP contribution >= 0.6 is 11.8 Å². The number of aromatic nitrogens is 3. The summed E-state index contributed by atoms with van der Waals surface area (Å²) in [7, 11) is 0. The molecule has 0 aromatic carbocycles. The van der Waals surface area contributed by atoms with Gasteiger partial charge in [-0.3, -0.25) is 0 Å². The number of nitrogens with one attached hydrogen (secondary N) is 1. The van der Waals surface area contributed by atoms with Gasteiger partial charge in [0.2, 0.25) is 11.9 Å². The molecule has 0 aliphatic carbocycles. The molecule has 1 saturated heterocycles. The molecule has 19 heavy (non-hydrogen) atoms. The molecule has 0 atom stereocenters. The number of rotatable bonds is 5. The van der Waals surface area contributed by atoms with E-state index in [0.717, 1.165) is 37.8 Å². The summed E-state index contributed by atoms with van der Waals surface area (Å²) in [5, 5.41) is 3.13. The molecule has 0 bridgehead atoms. The summed E-state index contributed by atoms with van der Waals surface area (Å²) in [6, 6.07) is 0.403. The van der Waals surface area contributed by atoms with Crippen molar-refractivity contribution in [2.45, 2.75) is 20.3 Å². The molecule has 1 fully saturated rings. The van der Waals surface area contributed by atoms with E-state index >= 15 is 0 Å². The molecule has 0 unspecified atom stereocenters. The Morgan fingerprint density at radius 1 is 1.21 bits per heavy atom. The summed E-state index contributed by atoms with van der Waals surface area (Å²) in [6.45, 7) is 7.26. The molecule has 0 radical (unpaired) electrons. The second kappa shape index (κ2) is 7.37. The molecule has 1 aromatic heterocycles. The van der Waals surface area contributed by atoms with Crippen molar-refractivity contribution < 1.29 is 4.74 Å². The largest absolute Gasteiger partial charge is 0.464 e. The molecule has 0 saturated carbocycles. The molecular weight excluding hydrogens is 262 g/mol. The monoisotopic (exact) mass is 283 g/mol. The average molecular weight is 283 g/mol. The lowest BCUT2D eigenvalue weighted by atomic mass is 10.4. The lowest BCUT2D eigenvalue weighted by Crippen LogP contribution is -2.28. The van der Waals surface area contributed by atoms with Gasteiger partial charge in [0, 0.05) is 25.4 Å². The van der Waals surface area contributed by atoms with Crippen LogP contribution in [0.1, 0.15) is 20.3 Å². The minimum absolute atomic E-state index is 0.403. The Labute approximate surface area is 118 Å². The van der Waals surface area contributed by atoms with E-state index in [1.807, 2.05) is 25.6 Å². The van der Waals surface area contributed by atoms with E-state index in [1.54, 1.807) is 0 Å². The molecule has 0 spiro atoms. The summed E-state index contributed by atoms with van der Waals surface area (Å²) < 4.78 is 5.42. The van der Waals surface area contributed by atoms with Gasteiger partial charge in [0.25, 0.3) is 0 Å². The minimum atomic E-state index is 0.403. The van der Waals surface area contributed by atoms with Crippen LogP contribution in [0, 0.1) is 0 Å². The maximum absolute atomic E-state index is 5.42. The minimum Gasteiger partial charge on any atom is -0.464 e. The number of hydrogen-bond donors (Lipinski definition) is 1. The van der Waals surface area contributed by atoms with Crippen molar-refractivity contribution in [2.24, 2.45) is 0 Å². The molecule has 0 amide bonds. The first-order chi connectivity index (χ1) is 9.33. The fourth-order valence-electron chi connectivity index (χ4n) is 1.86. The highest BCUT2D eigenvalue weighted by molar-refractivity contribution is 7.99. The van der Waals surface area contributed by atoms with Crippen molar-refractivity contribution in [3.63, 3.8) is 0 Å². The van der Waals surface area contributed by atoms with E-state index in [1.165, 1.54) is 5.75 Å². The zero-order valence-electron chi connectivity index (χ0n) is 11.6. The van der Waals surface area contributed by atoms with Gasteiger partial charge in [-0.2, -0.15) is 26.7 Å². The zero-order chi connectivity index (χ0) is 13.5. The Kier molecular flexibility index (Phi) is 5.50. The number of ether oxygens (including phenoxy) is 1. The molecule has 1 aliphatic heterocycles. The van der Waals surface area contributed by atoms with E-state index in [9.17, 15) is 0 Å². The van der Waals surface area contributed by atoms with Crippen molar-refractivity contribution in [1.29, 1.82) is 0 Å². The van der Waals surface area contributed by atoms with Gasteiger partial charge in [0.1, 0.15) is 0 Å². The van der Waals surface area contributed by atoms with E-state index in [2.05, 4.69) is 25.2 Å². The van der Waals surface area contributed by atoms with Crippen LogP contribution in [-0.2, 0) is 0 Å². The SMILES string of the molecule is CCNc1nc(OCC)nc(N2CCCSCC2)n1. The van der Waals surface area contributed by atoms with Gasteiger partial charge < -0.3 is 15.0 Å². The third kappa shape index (κ3) is 4.12. The second-order valence-corrected chi connectivity index (χ2v) is 5.38. The molecule has 2 heterocycles. The Bertz CT molecular complexity index is 371. The number of nitrogens with zero attached hydrogens (tertiary/aromatic N) is 4. The van der Waals surface area contributed by atoms with Crippen LogP contribution < -0.4 is 15.0 Å². The van der Waals surface area contributed by atoms with Crippen molar-refractivity contribution in [1.82, 2.24) is 15.0 Å². The highest BCUT2D eigenvalue weighted by Crippen LogP contribution is 2.18. The summed E-state index contributed by atoms with van der Waals surface area (Å²) in [4.78, 5) is 15.3. The maximum atomic E-state index is 5.42. The summed E-state index contributed by atoms with van der Waals surface area (Å²) in [5.74, 6) is 3.64. The number of hydrogen-bond acceptors (Lipinski definition) is 7. The molecule has 1 N–H and O–H groups in total. The Balaban J connectivity index is 2.20. The summed E-state index contributed by atoms with van der Waals surface area (Å²) >= 11 is 1.98. The molecular formula is C12H21N5OS. The molecule has 106 valence electrons. The molecule has 7 heteroatoms. The normalized spacial score (nSPS) is 16.0. The summed E-state index contributed by atoms with van der Waals surface area (Å²) in [5.41, 5.74) is 0. The van der Waals surface area contributed by atoms with E-state index in [0.29, 0.717) is 18.6 Å². The van der Waals surface area contributed by atoms with Gasteiger partial charge in [-0.05, 0) is 26.0 Å². The van der Waals surface area contributed by atoms with Crippen molar-refractivity contribution in [3.8, 4) is 6.01 Å². The third-order valence-corrected chi connectivity index (χ3v) is 3.77. The van der Waals surface area contributed by atoms with E-state index in [4.69, 9.17) is 4.74 Å². The van der Waals surface area contributed by atoms with Crippen LogP contribution in [0.4, 0.5) is 11.9 Å². The summed E-state index contributed by atoms with van der Waals surface area (Å²) in [6.07, 6.45) is 1.16. The van der Waals surface area contributed by atoms with E-state index in [-0.39, 0.29) is 0 Å². The van der Waals surface area contributed by atoms with Gasteiger partial charge in [-0.15, -0.1) is 0 Å². The first kappa shape index (κ1) is 14.2. The van der Waals surface area contributed by atoms with Gasteiger partial charge in [-0.1, -0.05) is 0 Å². The first-order valence-corrected chi connectivity index (χ1v) is 7.94. The lowest BCUT2D eigenvalue weighted by molar-refractivity contribution is 0.312. The smallest absolute Gasteiger partial charge is 0.323 e. The Morgan fingerprint density at radius 2 is 2.11 bits per heavy atom. The standard InChI is InChI=1S/C12H21N5OS/c1-3-13-10-14-11(16-12(15-10)18-4-2)17-6-5-8-19-9-7-17/h3-9H2,1-2H3,(H,13,14,15,16). The number of anilines is 2. The Hall–Kier alpha value is -1.24. The van der Waals surface area contributed by atoms with Crippen LogP contribution in [0.15, 0.2) is 0 Å².